The Morgan fingerprint density at radius 2 is 1.88 bits per heavy atom. The van der Waals surface area contributed by atoms with Crippen molar-refractivity contribution >= 4 is 27.8 Å². The molecule has 0 aliphatic carbocycles. The van der Waals surface area contributed by atoms with Crippen LogP contribution in [-0.2, 0) is 10.0 Å². The molecule has 2 aromatic carbocycles. The van der Waals surface area contributed by atoms with Gasteiger partial charge in [0, 0.05) is 0 Å². The predicted octanol–water partition coefficient (Wildman–Crippen LogP) is 3.58. The van der Waals surface area contributed by atoms with Gasteiger partial charge in [0.25, 0.3) is 10.0 Å². The normalized spacial score (nSPS) is 11.9. The highest BCUT2D eigenvalue weighted by atomic mass is 35.5. The molecule has 0 fully saturated rings. The van der Waals surface area contributed by atoms with E-state index in [1.165, 1.54) is 6.21 Å². The number of ether oxygens (including phenoxy) is 1. The Morgan fingerprint density at radius 1 is 1.21 bits per heavy atom. The summed E-state index contributed by atoms with van der Waals surface area (Å²) in [5, 5.41) is 4.08. The molecule has 0 saturated heterocycles. The van der Waals surface area contributed by atoms with Crippen LogP contribution >= 0.6 is 11.6 Å². The van der Waals surface area contributed by atoms with Crippen molar-refractivity contribution in [3.8, 4) is 5.75 Å². The van der Waals surface area contributed by atoms with Crippen LogP contribution in [0.25, 0.3) is 0 Å². The Hall–Kier alpha value is -2.12. The van der Waals surface area contributed by atoms with Gasteiger partial charge in [-0.25, -0.2) is 9.22 Å². The lowest BCUT2D eigenvalue weighted by atomic mass is 10.2. The topological polar surface area (TPSA) is 67.8 Å². The second kappa shape index (κ2) is 7.63. The Bertz CT molecular complexity index is 837. The van der Waals surface area contributed by atoms with Crippen molar-refractivity contribution in [3.63, 3.8) is 0 Å². The van der Waals surface area contributed by atoms with Gasteiger partial charge in [0.2, 0.25) is 0 Å². The molecule has 0 unspecified atom stereocenters. The average molecular weight is 371 g/mol. The van der Waals surface area contributed by atoms with E-state index in [2.05, 4.69) is 9.93 Å². The van der Waals surface area contributed by atoms with Crippen LogP contribution in [0.1, 0.15) is 19.4 Å². The van der Waals surface area contributed by atoms with Gasteiger partial charge in [0.05, 0.1) is 22.2 Å². The molecule has 0 atom stereocenters. The molecule has 128 valence electrons. The van der Waals surface area contributed by atoms with Crippen LogP contribution in [-0.4, -0.2) is 20.7 Å². The van der Waals surface area contributed by atoms with Crippen molar-refractivity contribution in [1.82, 2.24) is 4.83 Å². The number of halogens is 2. The summed E-state index contributed by atoms with van der Waals surface area (Å²) < 4.78 is 42.3. The predicted molar refractivity (Wildman–Crippen MR) is 91.5 cm³/mol. The number of hydrogen-bond donors (Lipinski definition) is 1. The molecule has 0 saturated carbocycles. The van der Waals surface area contributed by atoms with E-state index in [1.54, 1.807) is 18.2 Å². The van der Waals surface area contributed by atoms with Gasteiger partial charge in [-0.15, -0.1) is 0 Å². The van der Waals surface area contributed by atoms with Crippen LogP contribution in [0.2, 0.25) is 5.02 Å². The molecule has 8 heteroatoms. The molecule has 0 aliphatic heterocycles. The fourth-order valence-corrected chi connectivity index (χ4v) is 2.81. The molecule has 24 heavy (non-hydrogen) atoms. The van der Waals surface area contributed by atoms with E-state index in [0.717, 1.165) is 24.3 Å². The summed E-state index contributed by atoms with van der Waals surface area (Å²) in [5.74, 6) is 0.0199. The molecule has 2 rings (SSSR count). The third-order valence-corrected chi connectivity index (χ3v) is 4.36. The molecule has 0 radical (unpaired) electrons. The van der Waals surface area contributed by atoms with E-state index >= 15 is 0 Å². The van der Waals surface area contributed by atoms with Gasteiger partial charge in [-0.2, -0.15) is 13.5 Å². The quantitative estimate of drug-likeness (QED) is 0.624. The zero-order chi connectivity index (χ0) is 17.7. The minimum absolute atomic E-state index is 0.00969. The molecule has 0 amide bonds. The number of nitrogens with zero attached hydrogens (tertiary/aromatic N) is 1. The first-order chi connectivity index (χ1) is 11.3. The number of sulfonamides is 1. The van der Waals surface area contributed by atoms with Gasteiger partial charge < -0.3 is 4.74 Å². The molecule has 5 nitrogen and oxygen atoms in total. The zero-order valence-electron chi connectivity index (χ0n) is 13.0. The van der Waals surface area contributed by atoms with Gasteiger partial charge in [0.15, 0.2) is 0 Å². The van der Waals surface area contributed by atoms with Crippen LogP contribution in [0.4, 0.5) is 4.39 Å². The van der Waals surface area contributed by atoms with E-state index in [-0.39, 0.29) is 11.0 Å². The van der Waals surface area contributed by atoms with Crippen molar-refractivity contribution < 1.29 is 17.5 Å². The van der Waals surface area contributed by atoms with Gasteiger partial charge >= 0.3 is 0 Å². The van der Waals surface area contributed by atoms with Crippen molar-refractivity contribution in [3.05, 3.63) is 58.9 Å². The second-order valence-electron chi connectivity index (χ2n) is 5.16. The Balaban J connectivity index is 2.08. The van der Waals surface area contributed by atoms with Crippen molar-refractivity contribution in [2.75, 3.05) is 0 Å². The monoisotopic (exact) mass is 370 g/mol. The lowest BCUT2D eigenvalue weighted by Gasteiger charge is -2.11. The number of hydrazone groups is 1. The largest absolute Gasteiger partial charge is 0.489 e. The summed E-state index contributed by atoms with van der Waals surface area (Å²) in [5.41, 5.74) is 0.595. The van der Waals surface area contributed by atoms with Crippen LogP contribution in [0.15, 0.2) is 52.5 Å². The molecular formula is C16H16ClFN2O3S. The average Bonchev–Trinajstić information content (AvgIpc) is 2.50. The molecule has 0 spiro atoms. The number of nitrogens with one attached hydrogen (secondary N) is 1. The molecule has 2 aromatic rings. The summed E-state index contributed by atoms with van der Waals surface area (Å²) in [6, 6.07) is 9.41. The number of hydrogen-bond acceptors (Lipinski definition) is 4. The smallest absolute Gasteiger partial charge is 0.276 e. The third-order valence-electron chi connectivity index (χ3n) is 2.83. The first kappa shape index (κ1) is 18.2. The van der Waals surface area contributed by atoms with Crippen LogP contribution in [0.3, 0.4) is 0 Å². The minimum atomic E-state index is -3.85. The van der Waals surface area contributed by atoms with Gasteiger partial charge in [-0.3, -0.25) is 0 Å². The van der Waals surface area contributed by atoms with Gasteiger partial charge in [0.1, 0.15) is 11.6 Å². The molecule has 1 N–H and O–H groups in total. The first-order valence-corrected chi connectivity index (χ1v) is 8.91. The Labute approximate surface area is 145 Å². The minimum Gasteiger partial charge on any atom is -0.489 e. The highest BCUT2D eigenvalue weighted by molar-refractivity contribution is 7.89. The zero-order valence-corrected chi connectivity index (χ0v) is 14.6. The maximum absolute atomic E-state index is 12.8. The summed E-state index contributed by atoms with van der Waals surface area (Å²) in [7, 11) is -3.85. The maximum Gasteiger partial charge on any atom is 0.276 e. The molecular weight excluding hydrogens is 355 g/mol. The summed E-state index contributed by atoms with van der Waals surface area (Å²) in [4.78, 5) is 1.97. The summed E-state index contributed by atoms with van der Waals surface area (Å²) in [6.45, 7) is 3.77. The lowest BCUT2D eigenvalue weighted by molar-refractivity contribution is 0.242. The Morgan fingerprint density at radius 3 is 2.46 bits per heavy atom. The first-order valence-electron chi connectivity index (χ1n) is 7.04. The standard InChI is InChI=1S/C16H16ClFN2O3S/c1-11(2)23-16-8-3-12(9-15(16)17)10-19-20-24(21,22)14-6-4-13(18)5-7-14/h3-11,20H,1-2H3/b19-10+. The number of rotatable bonds is 6. The summed E-state index contributed by atoms with van der Waals surface area (Å²) >= 11 is 6.09. The molecule has 0 aliphatic rings. The lowest BCUT2D eigenvalue weighted by Crippen LogP contribution is -2.18. The maximum atomic E-state index is 12.8. The van der Waals surface area contributed by atoms with Crippen molar-refractivity contribution in [1.29, 1.82) is 0 Å². The van der Waals surface area contributed by atoms with E-state index in [4.69, 9.17) is 16.3 Å². The SMILES string of the molecule is CC(C)Oc1ccc(/C=N/NS(=O)(=O)c2ccc(F)cc2)cc1Cl. The van der Waals surface area contributed by atoms with E-state index in [9.17, 15) is 12.8 Å². The van der Waals surface area contributed by atoms with Crippen LogP contribution in [0, 0.1) is 5.82 Å². The van der Waals surface area contributed by atoms with Gasteiger partial charge in [-0.05, 0) is 61.9 Å². The highest BCUT2D eigenvalue weighted by Crippen LogP contribution is 2.25. The van der Waals surface area contributed by atoms with Crippen LogP contribution in [0.5, 0.6) is 5.75 Å². The summed E-state index contributed by atoms with van der Waals surface area (Å²) in [6.07, 6.45) is 1.30. The number of benzene rings is 2. The van der Waals surface area contributed by atoms with E-state index in [1.807, 2.05) is 13.8 Å². The van der Waals surface area contributed by atoms with Crippen LogP contribution < -0.4 is 9.57 Å². The van der Waals surface area contributed by atoms with E-state index < -0.39 is 15.8 Å². The third kappa shape index (κ3) is 4.94. The fraction of sp³-hybridized carbons (Fsp3) is 0.188. The van der Waals surface area contributed by atoms with Crippen molar-refractivity contribution in [2.24, 2.45) is 5.10 Å². The van der Waals surface area contributed by atoms with Gasteiger partial charge in [-0.1, -0.05) is 11.6 Å². The van der Waals surface area contributed by atoms with Crippen molar-refractivity contribution in [2.45, 2.75) is 24.8 Å². The Kier molecular flexibility index (Phi) is 5.80. The molecule has 0 bridgehead atoms. The molecule has 0 heterocycles. The fourth-order valence-electron chi connectivity index (χ4n) is 1.78. The highest BCUT2D eigenvalue weighted by Gasteiger charge is 2.12. The van der Waals surface area contributed by atoms with E-state index in [0.29, 0.717) is 16.3 Å². The molecule has 0 aromatic heterocycles. The second-order valence-corrected chi connectivity index (χ2v) is 7.23.